The number of aromatic nitrogens is 2. The molecule has 0 bridgehead atoms. The molecule has 112 valence electrons. The van der Waals surface area contributed by atoms with Gasteiger partial charge in [0.25, 0.3) is 0 Å². The molecular formula is C15H20N4O2. The number of benzene rings is 1. The summed E-state index contributed by atoms with van der Waals surface area (Å²) in [5.74, 6) is 2.79. The van der Waals surface area contributed by atoms with E-state index in [1.54, 1.807) is 14.2 Å². The van der Waals surface area contributed by atoms with Crippen molar-refractivity contribution in [3.63, 3.8) is 0 Å². The summed E-state index contributed by atoms with van der Waals surface area (Å²) < 4.78 is 10.6. The molecule has 2 rings (SSSR count). The summed E-state index contributed by atoms with van der Waals surface area (Å²) in [6.45, 7) is 2.60. The van der Waals surface area contributed by atoms with Gasteiger partial charge in [0.05, 0.1) is 14.2 Å². The van der Waals surface area contributed by atoms with E-state index in [9.17, 15) is 0 Å². The number of hydrogen-bond donors (Lipinski definition) is 2. The first-order valence-corrected chi connectivity index (χ1v) is 6.73. The molecule has 2 aromatic rings. The Morgan fingerprint density at radius 3 is 2.67 bits per heavy atom. The molecule has 0 atom stereocenters. The molecule has 0 saturated carbocycles. The van der Waals surface area contributed by atoms with Crippen LogP contribution >= 0.6 is 0 Å². The molecule has 6 nitrogen and oxygen atoms in total. The third-order valence-electron chi connectivity index (χ3n) is 3.27. The fraction of sp³-hybridized carbons (Fsp3) is 0.333. The Bertz CT molecular complexity index is 617. The Hall–Kier alpha value is -2.50. The van der Waals surface area contributed by atoms with Gasteiger partial charge in [-0.2, -0.15) is 0 Å². The Morgan fingerprint density at radius 2 is 2.00 bits per heavy atom. The van der Waals surface area contributed by atoms with Crippen molar-refractivity contribution in [2.75, 3.05) is 25.3 Å². The van der Waals surface area contributed by atoms with Gasteiger partial charge in [-0.15, -0.1) is 0 Å². The van der Waals surface area contributed by atoms with E-state index in [1.165, 1.54) is 6.33 Å². The van der Waals surface area contributed by atoms with Gasteiger partial charge in [0, 0.05) is 23.7 Å². The van der Waals surface area contributed by atoms with E-state index in [-0.39, 0.29) is 0 Å². The lowest BCUT2D eigenvalue weighted by molar-refractivity contribution is 0.391. The van der Waals surface area contributed by atoms with Crippen LogP contribution in [0.5, 0.6) is 11.5 Å². The van der Waals surface area contributed by atoms with Crippen LogP contribution in [0.1, 0.15) is 18.1 Å². The third kappa shape index (κ3) is 3.34. The van der Waals surface area contributed by atoms with Crippen LogP contribution in [-0.4, -0.2) is 24.2 Å². The molecule has 0 fully saturated rings. The molecule has 6 heteroatoms. The quantitative estimate of drug-likeness (QED) is 0.848. The summed E-state index contributed by atoms with van der Waals surface area (Å²) in [4.78, 5) is 8.25. The largest absolute Gasteiger partial charge is 0.497 e. The Balaban J connectivity index is 2.18. The summed E-state index contributed by atoms with van der Waals surface area (Å²) >= 11 is 0. The molecule has 0 radical (unpaired) electrons. The van der Waals surface area contributed by atoms with E-state index < -0.39 is 0 Å². The summed E-state index contributed by atoms with van der Waals surface area (Å²) in [6, 6.07) is 5.71. The predicted octanol–water partition coefficient (Wildman–Crippen LogP) is 2.25. The number of rotatable bonds is 6. The third-order valence-corrected chi connectivity index (χ3v) is 3.27. The summed E-state index contributed by atoms with van der Waals surface area (Å²) in [5.41, 5.74) is 7.80. The second kappa shape index (κ2) is 6.78. The number of anilines is 2. The molecule has 0 unspecified atom stereocenters. The summed E-state index contributed by atoms with van der Waals surface area (Å²) in [6.07, 6.45) is 2.23. The van der Waals surface area contributed by atoms with Gasteiger partial charge in [-0.05, 0) is 18.6 Å². The minimum atomic E-state index is 0.511. The first-order chi connectivity index (χ1) is 10.2. The first-order valence-electron chi connectivity index (χ1n) is 6.73. The average Bonchev–Trinajstić information content (AvgIpc) is 2.52. The van der Waals surface area contributed by atoms with E-state index in [2.05, 4.69) is 15.3 Å². The lowest BCUT2D eigenvalue weighted by Crippen LogP contribution is -2.08. The highest BCUT2D eigenvalue weighted by Gasteiger charge is 2.09. The van der Waals surface area contributed by atoms with Gasteiger partial charge in [0.1, 0.15) is 29.5 Å². The number of methoxy groups -OCH3 is 2. The standard InChI is InChI=1S/C15H20N4O2/c1-4-12-14(16)18-9-19-15(12)17-8-10-5-6-11(20-2)7-13(10)21-3/h5-7,9H,4,8H2,1-3H3,(H3,16,17,18,19). The van der Waals surface area contributed by atoms with E-state index in [0.717, 1.165) is 34.9 Å². The van der Waals surface area contributed by atoms with Gasteiger partial charge < -0.3 is 20.5 Å². The lowest BCUT2D eigenvalue weighted by Gasteiger charge is -2.14. The normalized spacial score (nSPS) is 10.2. The van der Waals surface area contributed by atoms with E-state index in [4.69, 9.17) is 15.2 Å². The van der Waals surface area contributed by atoms with Crippen LogP contribution < -0.4 is 20.5 Å². The highest BCUT2D eigenvalue weighted by Crippen LogP contribution is 2.26. The maximum absolute atomic E-state index is 5.86. The minimum Gasteiger partial charge on any atom is -0.497 e. The van der Waals surface area contributed by atoms with Crippen molar-refractivity contribution in [3.05, 3.63) is 35.7 Å². The van der Waals surface area contributed by atoms with Crippen LogP contribution in [-0.2, 0) is 13.0 Å². The zero-order valence-corrected chi connectivity index (χ0v) is 12.5. The molecule has 0 saturated heterocycles. The van der Waals surface area contributed by atoms with Crippen molar-refractivity contribution in [1.82, 2.24) is 9.97 Å². The molecule has 0 amide bonds. The second-order valence-electron chi connectivity index (χ2n) is 4.47. The molecule has 21 heavy (non-hydrogen) atoms. The van der Waals surface area contributed by atoms with Gasteiger partial charge >= 0.3 is 0 Å². The zero-order chi connectivity index (χ0) is 15.2. The number of nitrogens with two attached hydrogens (primary N) is 1. The Kier molecular flexibility index (Phi) is 4.81. The monoisotopic (exact) mass is 288 g/mol. The van der Waals surface area contributed by atoms with Crippen LogP contribution in [0.4, 0.5) is 11.6 Å². The molecule has 1 heterocycles. The number of nitrogens with zero attached hydrogens (tertiary/aromatic N) is 2. The van der Waals surface area contributed by atoms with E-state index in [0.29, 0.717) is 12.4 Å². The first kappa shape index (κ1) is 14.9. The predicted molar refractivity (Wildman–Crippen MR) is 82.7 cm³/mol. The molecule has 1 aromatic heterocycles. The second-order valence-corrected chi connectivity index (χ2v) is 4.47. The average molecular weight is 288 g/mol. The van der Waals surface area contributed by atoms with Crippen molar-refractivity contribution in [1.29, 1.82) is 0 Å². The summed E-state index contributed by atoms with van der Waals surface area (Å²) in [5, 5.41) is 3.28. The fourth-order valence-electron chi connectivity index (χ4n) is 2.10. The smallest absolute Gasteiger partial charge is 0.134 e. The molecule has 0 aliphatic carbocycles. The number of hydrogen-bond acceptors (Lipinski definition) is 6. The summed E-state index contributed by atoms with van der Waals surface area (Å²) in [7, 11) is 3.27. The highest BCUT2D eigenvalue weighted by atomic mass is 16.5. The molecule has 0 aliphatic rings. The van der Waals surface area contributed by atoms with E-state index >= 15 is 0 Å². The maximum Gasteiger partial charge on any atom is 0.134 e. The SMILES string of the molecule is CCc1c(N)ncnc1NCc1ccc(OC)cc1OC. The van der Waals surface area contributed by atoms with Crippen LogP contribution in [0.25, 0.3) is 0 Å². The Morgan fingerprint density at radius 1 is 1.19 bits per heavy atom. The van der Waals surface area contributed by atoms with Gasteiger partial charge in [-0.3, -0.25) is 0 Å². The Labute approximate surface area is 124 Å². The number of nitrogen functional groups attached to an aromatic ring is 1. The highest BCUT2D eigenvalue weighted by molar-refractivity contribution is 5.55. The van der Waals surface area contributed by atoms with Crippen LogP contribution in [0.2, 0.25) is 0 Å². The molecular weight excluding hydrogens is 268 g/mol. The van der Waals surface area contributed by atoms with Crippen LogP contribution in [0.3, 0.4) is 0 Å². The molecule has 1 aromatic carbocycles. The van der Waals surface area contributed by atoms with Gasteiger partial charge in [-0.25, -0.2) is 9.97 Å². The van der Waals surface area contributed by atoms with Crippen molar-refractivity contribution in [2.45, 2.75) is 19.9 Å². The van der Waals surface area contributed by atoms with E-state index in [1.807, 2.05) is 25.1 Å². The lowest BCUT2D eigenvalue weighted by atomic mass is 10.1. The minimum absolute atomic E-state index is 0.511. The fourth-order valence-corrected chi connectivity index (χ4v) is 2.10. The number of ether oxygens (including phenoxy) is 2. The number of nitrogens with one attached hydrogen (secondary N) is 1. The van der Waals surface area contributed by atoms with Crippen molar-refractivity contribution in [3.8, 4) is 11.5 Å². The van der Waals surface area contributed by atoms with Crippen LogP contribution in [0.15, 0.2) is 24.5 Å². The van der Waals surface area contributed by atoms with Gasteiger partial charge in [0.15, 0.2) is 0 Å². The molecule has 3 N–H and O–H groups in total. The van der Waals surface area contributed by atoms with Crippen molar-refractivity contribution < 1.29 is 9.47 Å². The van der Waals surface area contributed by atoms with Crippen molar-refractivity contribution in [2.24, 2.45) is 0 Å². The zero-order valence-electron chi connectivity index (χ0n) is 12.5. The van der Waals surface area contributed by atoms with Crippen molar-refractivity contribution >= 4 is 11.6 Å². The maximum atomic E-state index is 5.86. The molecule has 0 aliphatic heterocycles. The van der Waals surface area contributed by atoms with Crippen LogP contribution in [0, 0.1) is 0 Å². The van der Waals surface area contributed by atoms with Gasteiger partial charge in [0.2, 0.25) is 0 Å². The topological polar surface area (TPSA) is 82.3 Å². The van der Waals surface area contributed by atoms with Gasteiger partial charge in [-0.1, -0.05) is 6.92 Å². The molecule has 0 spiro atoms.